The third-order valence-electron chi connectivity index (χ3n) is 3.82. The quantitative estimate of drug-likeness (QED) is 0.846. The van der Waals surface area contributed by atoms with Crippen LogP contribution in [-0.4, -0.2) is 23.6 Å². The van der Waals surface area contributed by atoms with Crippen molar-refractivity contribution in [3.63, 3.8) is 0 Å². The maximum Gasteiger partial charge on any atom is 0.134 e. The van der Waals surface area contributed by atoms with Crippen LogP contribution in [0.1, 0.15) is 18.9 Å². The van der Waals surface area contributed by atoms with E-state index < -0.39 is 0 Å². The number of nitrogens with zero attached hydrogens (tertiary/aromatic N) is 1. The molecule has 0 bridgehead atoms. The molecule has 100 valence electrons. The monoisotopic (exact) mass is 275 g/mol. The van der Waals surface area contributed by atoms with E-state index in [-0.39, 0.29) is 5.54 Å². The molecule has 0 saturated carbocycles. The molecule has 1 unspecified atom stereocenters. The Hall–Kier alpha value is -1.16. The second kappa shape index (κ2) is 5.08. The lowest BCUT2D eigenvalue weighted by atomic mass is 10.0. The Morgan fingerprint density at radius 3 is 3.05 bits per heavy atom. The highest BCUT2D eigenvalue weighted by atomic mass is 35.5. The van der Waals surface area contributed by atoms with Crippen LogP contribution in [0.3, 0.4) is 0 Å². The average molecular weight is 276 g/mol. The smallest absolute Gasteiger partial charge is 0.134 e. The van der Waals surface area contributed by atoms with E-state index in [1.54, 1.807) is 0 Å². The Kier molecular flexibility index (Phi) is 3.44. The van der Waals surface area contributed by atoms with Crippen LogP contribution in [0.5, 0.6) is 0 Å². The zero-order valence-corrected chi connectivity index (χ0v) is 11.8. The van der Waals surface area contributed by atoms with E-state index in [4.69, 9.17) is 11.6 Å². The van der Waals surface area contributed by atoms with Gasteiger partial charge in [0, 0.05) is 29.6 Å². The molecule has 1 atom stereocenters. The lowest BCUT2D eigenvalue weighted by Crippen LogP contribution is -2.43. The molecule has 0 aliphatic carbocycles. The van der Waals surface area contributed by atoms with Gasteiger partial charge < -0.3 is 10.6 Å². The van der Waals surface area contributed by atoms with Gasteiger partial charge in [-0.1, -0.05) is 29.8 Å². The normalized spacial score (nSPS) is 23.1. The van der Waals surface area contributed by atoms with Gasteiger partial charge in [-0.3, -0.25) is 0 Å². The molecular formula is C15H18ClN3. The van der Waals surface area contributed by atoms with Crippen molar-refractivity contribution in [2.75, 3.05) is 13.1 Å². The molecule has 1 aromatic carbocycles. The Morgan fingerprint density at radius 1 is 1.42 bits per heavy atom. The van der Waals surface area contributed by atoms with E-state index in [0.717, 1.165) is 42.5 Å². The fourth-order valence-corrected chi connectivity index (χ4v) is 2.75. The van der Waals surface area contributed by atoms with Crippen LogP contribution in [-0.2, 0) is 6.54 Å². The molecule has 2 N–H and O–H groups in total. The molecule has 3 rings (SSSR count). The first-order valence-electron chi connectivity index (χ1n) is 6.66. The number of rotatable bonds is 3. The van der Waals surface area contributed by atoms with Crippen LogP contribution in [0.2, 0.25) is 5.15 Å². The Morgan fingerprint density at radius 2 is 2.26 bits per heavy atom. The third-order valence-corrected chi connectivity index (χ3v) is 4.15. The van der Waals surface area contributed by atoms with Crippen LogP contribution < -0.4 is 10.6 Å². The number of aromatic nitrogens is 1. The Labute approximate surface area is 118 Å². The summed E-state index contributed by atoms with van der Waals surface area (Å²) in [6.07, 6.45) is 1.14. The highest BCUT2D eigenvalue weighted by molar-refractivity contribution is 6.30. The van der Waals surface area contributed by atoms with Gasteiger partial charge >= 0.3 is 0 Å². The van der Waals surface area contributed by atoms with Gasteiger partial charge in [0.1, 0.15) is 5.15 Å². The number of pyridine rings is 1. The van der Waals surface area contributed by atoms with Crippen molar-refractivity contribution < 1.29 is 0 Å². The van der Waals surface area contributed by atoms with Crippen molar-refractivity contribution in [1.29, 1.82) is 0 Å². The molecule has 0 radical (unpaired) electrons. The first-order chi connectivity index (χ1) is 9.16. The summed E-state index contributed by atoms with van der Waals surface area (Å²) >= 11 is 6.27. The minimum Gasteiger partial charge on any atom is -0.315 e. The van der Waals surface area contributed by atoms with Gasteiger partial charge in [-0.05, 0) is 32.0 Å². The summed E-state index contributed by atoms with van der Waals surface area (Å²) in [4.78, 5) is 4.45. The topological polar surface area (TPSA) is 37.0 Å². The van der Waals surface area contributed by atoms with E-state index in [9.17, 15) is 0 Å². The zero-order chi connectivity index (χ0) is 13.3. The fourth-order valence-electron chi connectivity index (χ4n) is 2.54. The molecule has 0 spiro atoms. The van der Waals surface area contributed by atoms with Gasteiger partial charge in [-0.25, -0.2) is 4.98 Å². The molecule has 1 fully saturated rings. The average Bonchev–Trinajstić information content (AvgIpc) is 2.84. The summed E-state index contributed by atoms with van der Waals surface area (Å²) in [5, 5.41) is 8.71. The summed E-state index contributed by atoms with van der Waals surface area (Å²) in [5.41, 5.74) is 2.17. The number of fused-ring (bicyclic) bond motifs is 1. The molecule has 2 aromatic rings. The van der Waals surface area contributed by atoms with E-state index in [2.05, 4.69) is 34.7 Å². The minimum atomic E-state index is 0.162. The first kappa shape index (κ1) is 12.9. The van der Waals surface area contributed by atoms with E-state index in [1.807, 2.05) is 18.2 Å². The highest BCUT2D eigenvalue weighted by Crippen LogP contribution is 2.22. The molecule has 3 nitrogen and oxygen atoms in total. The molecule has 0 amide bonds. The number of para-hydroxylation sites is 1. The SMILES string of the molecule is CC1(NCc2cc3ccccc3nc2Cl)CCNC1. The molecule has 1 aliphatic rings. The summed E-state index contributed by atoms with van der Waals surface area (Å²) in [6, 6.07) is 10.2. The van der Waals surface area contributed by atoms with Crippen molar-refractivity contribution >= 4 is 22.5 Å². The zero-order valence-electron chi connectivity index (χ0n) is 11.0. The highest BCUT2D eigenvalue weighted by Gasteiger charge is 2.27. The minimum absolute atomic E-state index is 0.162. The predicted octanol–water partition coefficient (Wildman–Crippen LogP) is 2.73. The molecule has 1 aliphatic heterocycles. The van der Waals surface area contributed by atoms with Gasteiger partial charge in [0.25, 0.3) is 0 Å². The van der Waals surface area contributed by atoms with Gasteiger partial charge in [0.05, 0.1) is 5.52 Å². The molecule has 19 heavy (non-hydrogen) atoms. The number of benzene rings is 1. The molecular weight excluding hydrogens is 258 g/mol. The van der Waals surface area contributed by atoms with E-state index in [0.29, 0.717) is 5.15 Å². The van der Waals surface area contributed by atoms with Crippen molar-refractivity contribution in [3.8, 4) is 0 Å². The number of halogens is 1. The summed E-state index contributed by atoms with van der Waals surface area (Å²) in [5.74, 6) is 0. The molecule has 1 aromatic heterocycles. The summed E-state index contributed by atoms with van der Waals surface area (Å²) < 4.78 is 0. The van der Waals surface area contributed by atoms with Gasteiger partial charge in [0.2, 0.25) is 0 Å². The predicted molar refractivity (Wildman–Crippen MR) is 79.5 cm³/mol. The lowest BCUT2D eigenvalue weighted by Gasteiger charge is -2.24. The number of nitrogens with one attached hydrogen (secondary N) is 2. The standard InChI is InChI=1S/C15H18ClN3/c1-15(6-7-17-10-15)18-9-12-8-11-4-2-3-5-13(11)19-14(12)16/h2-5,8,17-18H,6-7,9-10H2,1H3. The van der Waals surface area contributed by atoms with Crippen molar-refractivity contribution in [2.45, 2.75) is 25.4 Å². The maximum absolute atomic E-state index is 6.27. The second-order valence-electron chi connectivity index (χ2n) is 5.47. The lowest BCUT2D eigenvalue weighted by molar-refractivity contribution is 0.385. The molecule has 2 heterocycles. The van der Waals surface area contributed by atoms with Crippen molar-refractivity contribution in [2.24, 2.45) is 0 Å². The first-order valence-corrected chi connectivity index (χ1v) is 7.04. The summed E-state index contributed by atoms with van der Waals surface area (Å²) in [7, 11) is 0. The van der Waals surface area contributed by atoms with E-state index >= 15 is 0 Å². The second-order valence-corrected chi connectivity index (χ2v) is 5.83. The third kappa shape index (κ3) is 2.73. The van der Waals surface area contributed by atoms with Crippen LogP contribution in [0, 0.1) is 0 Å². The van der Waals surface area contributed by atoms with Gasteiger partial charge in [-0.2, -0.15) is 0 Å². The summed E-state index contributed by atoms with van der Waals surface area (Å²) in [6.45, 7) is 5.09. The van der Waals surface area contributed by atoms with Gasteiger partial charge in [-0.15, -0.1) is 0 Å². The Balaban J connectivity index is 1.82. The van der Waals surface area contributed by atoms with Crippen LogP contribution in [0.15, 0.2) is 30.3 Å². The number of hydrogen-bond acceptors (Lipinski definition) is 3. The largest absolute Gasteiger partial charge is 0.315 e. The van der Waals surface area contributed by atoms with Crippen LogP contribution >= 0.6 is 11.6 Å². The fraction of sp³-hybridized carbons (Fsp3) is 0.400. The van der Waals surface area contributed by atoms with Crippen LogP contribution in [0.4, 0.5) is 0 Å². The van der Waals surface area contributed by atoms with Crippen molar-refractivity contribution in [3.05, 3.63) is 41.0 Å². The maximum atomic E-state index is 6.27. The Bertz CT molecular complexity index is 591. The number of hydrogen-bond donors (Lipinski definition) is 2. The van der Waals surface area contributed by atoms with Crippen molar-refractivity contribution in [1.82, 2.24) is 15.6 Å². The van der Waals surface area contributed by atoms with Crippen LogP contribution in [0.25, 0.3) is 10.9 Å². The molecule has 1 saturated heterocycles. The van der Waals surface area contributed by atoms with E-state index in [1.165, 1.54) is 0 Å². The van der Waals surface area contributed by atoms with Gasteiger partial charge in [0.15, 0.2) is 0 Å². The molecule has 4 heteroatoms.